The molecule has 2 heterocycles. The molecule has 2 aromatic rings. The zero-order chi connectivity index (χ0) is 16.6. The van der Waals surface area contributed by atoms with Crippen LogP contribution in [0, 0.1) is 41.5 Å². The van der Waals surface area contributed by atoms with E-state index in [1.807, 2.05) is 13.8 Å². The van der Waals surface area contributed by atoms with Gasteiger partial charge in [-0.3, -0.25) is 4.98 Å². The van der Waals surface area contributed by atoms with E-state index in [4.69, 9.17) is 16.6 Å². The van der Waals surface area contributed by atoms with E-state index < -0.39 is 0 Å². The van der Waals surface area contributed by atoms with Crippen LogP contribution in [-0.4, -0.2) is 15.0 Å². The fourth-order valence-corrected chi connectivity index (χ4v) is 3.58. The van der Waals surface area contributed by atoms with Gasteiger partial charge in [0.25, 0.3) is 0 Å². The number of halogens is 1. The number of rotatable bonds is 3. The zero-order valence-corrected chi connectivity index (χ0v) is 15.8. The van der Waals surface area contributed by atoms with Crippen molar-refractivity contribution >= 4 is 23.4 Å². The standard InChI is InChI=1S/C17H22ClN3S/c1-8-9(2)12(5)19-15(10(8)3)14(7)22-17-20-13(6)11(4)16(18)21-17/h14H,1-7H3. The lowest BCUT2D eigenvalue weighted by Crippen LogP contribution is -2.05. The van der Waals surface area contributed by atoms with Crippen molar-refractivity contribution in [2.24, 2.45) is 0 Å². The molecular formula is C17H22ClN3S. The Kier molecular flexibility index (Phi) is 5.13. The Bertz CT molecular complexity index is 705. The number of hydrogen-bond acceptors (Lipinski definition) is 4. The average Bonchev–Trinajstić information content (AvgIpc) is 2.46. The minimum atomic E-state index is 0.177. The molecule has 0 saturated carbocycles. The first kappa shape index (κ1) is 17.2. The summed E-state index contributed by atoms with van der Waals surface area (Å²) < 4.78 is 0. The van der Waals surface area contributed by atoms with Gasteiger partial charge < -0.3 is 0 Å². The van der Waals surface area contributed by atoms with Crippen molar-refractivity contribution in [3.05, 3.63) is 44.5 Å². The molecule has 118 valence electrons. The molecule has 1 unspecified atom stereocenters. The lowest BCUT2D eigenvalue weighted by Gasteiger charge is -2.18. The van der Waals surface area contributed by atoms with Gasteiger partial charge in [0.05, 0.1) is 10.9 Å². The molecule has 0 N–H and O–H groups in total. The lowest BCUT2D eigenvalue weighted by molar-refractivity contribution is 0.889. The fraction of sp³-hybridized carbons (Fsp3) is 0.471. The average molecular weight is 336 g/mol. The van der Waals surface area contributed by atoms with Gasteiger partial charge in [-0.05, 0) is 65.2 Å². The summed E-state index contributed by atoms with van der Waals surface area (Å²) >= 11 is 7.77. The molecule has 5 heteroatoms. The van der Waals surface area contributed by atoms with Gasteiger partial charge in [0.2, 0.25) is 0 Å². The van der Waals surface area contributed by atoms with Crippen molar-refractivity contribution in [2.75, 3.05) is 0 Å². The molecule has 0 saturated heterocycles. The highest BCUT2D eigenvalue weighted by Crippen LogP contribution is 2.36. The predicted octanol–water partition coefficient (Wildman–Crippen LogP) is 5.23. The minimum Gasteiger partial charge on any atom is -0.256 e. The van der Waals surface area contributed by atoms with Crippen LogP contribution in [0.15, 0.2) is 5.16 Å². The molecule has 0 aliphatic carbocycles. The van der Waals surface area contributed by atoms with Gasteiger partial charge in [0.15, 0.2) is 5.16 Å². The van der Waals surface area contributed by atoms with Gasteiger partial charge in [-0.1, -0.05) is 23.4 Å². The van der Waals surface area contributed by atoms with E-state index in [2.05, 4.69) is 44.6 Å². The monoisotopic (exact) mass is 335 g/mol. The quantitative estimate of drug-likeness (QED) is 0.437. The van der Waals surface area contributed by atoms with Gasteiger partial charge in [-0.2, -0.15) is 0 Å². The summed E-state index contributed by atoms with van der Waals surface area (Å²) in [5, 5.41) is 1.41. The third kappa shape index (κ3) is 3.28. The van der Waals surface area contributed by atoms with E-state index >= 15 is 0 Å². The molecule has 22 heavy (non-hydrogen) atoms. The second kappa shape index (κ2) is 6.55. The predicted molar refractivity (Wildman–Crippen MR) is 94.0 cm³/mol. The first-order valence-electron chi connectivity index (χ1n) is 7.34. The first-order valence-corrected chi connectivity index (χ1v) is 8.59. The molecule has 0 spiro atoms. The van der Waals surface area contributed by atoms with Crippen molar-refractivity contribution in [3.63, 3.8) is 0 Å². The maximum absolute atomic E-state index is 6.17. The van der Waals surface area contributed by atoms with Gasteiger partial charge in [-0.15, -0.1) is 0 Å². The normalized spacial score (nSPS) is 12.5. The number of thioether (sulfide) groups is 1. The Hall–Kier alpha value is -1.13. The molecule has 0 aromatic carbocycles. The fourth-order valence-electron chi connectivity index (χ4n) is 2.32. The largest absolute Gasteiger partial charge is 0.256 e. The van der Waals surface area contributed by atoms with Crippen LogP contribution in [0.25, 0.3) is 0 Å². The van der Waals surface area contributed by atoms with Crippen molar-refractivity contribution in [1.82, 2.24) is 15.0 Å². The Labute approximate surface area is 141 Å². The molecular weight excluding hydrogens is 314 g/mol. The molecule has 0 fully saturated rings. The summed E-state index contributed by atoms with van der Waals surface area (Å²) in [6.45, 7) is 14.5. The topological polar surface area (TPSA) is 38.7 Å². The number of pyridine rings is 1. The van der Waals surface area contributed by atoms with Crippen LogP contribution in [0.2, 0.25) is 5.15 Å². The maximum atomic E-state index is 6.17. The van der Waals surface area contributed by atoms with Gasteiger partial charge in [0, 0.05) is 17.0 Å². The molecule has 0 bridgehead atoms. The van der Waals surface area contributed by atoms with Crippen LogP contribution in [0.5, 0.6) is 0 Å². The molecule has 0 aliphatic rings. The summed E-state index contributed by atoms with van der Waals surface area (Å²) in [5.41, 5.74) is 7.88. The van der Waals surface area contributed by atoms with Crippen molar-refractivity contribution in [1.29, 1.82) is 0 Å². The second-order valence-electron chi connectivity index (χ2n) is 5.72. The maximum Gasteiger partial charge on any atom is 0.189 e. The Morgan fingerprint density at radius 1 is 0.773 bits per heavy atom. The molecule has 3 nitrogen and oxygen atoms in total. The number of hydrogen-bond donors (Lipinski definition) is 0. The Morgan fingerprint density at radius 2 is 1.36 bits per heavy atom. The summed E-state index contributed by atoms with van der Waals surface area (Å²) in [4.78, 5) is 13.7. The Balaban J connectivity index is 2.36. The highest BCUT2D eigenvalue weighted by Gasteiger charge is 2.18. The van der Waals surface area contributed by atoms with E-state index in [9.17, 15) is 0 Å². The van der Waals surface area contributed by atoms with Crippen molar-refractivity contribution in [2.45, 2.75) is 58.9 Å². The van der Waals surface area contributed by atoms with E-state index in [-0.39, 0.29) is 5.25 Å². The van der Waals surface area contributed by atoms with Crippen molar-refractivity contribution < 1.29 is 0 Å². The van der Waals surface area contributed by atoms with Gasteiger partial charge in [0.1, 0.15) is 5.15 Å². The van der Waals surface area contributed by atoms with E-state index in [0.717, 1.165) is 22.6 Å². The number of aromatic nitrogens is 3. The van der Waals surface area contributed by atoms with E-state index in [1.165, 1.54) is 16.7 Å². The third-order valence-corrected chi connectivity index (χ3v) is 5.65. The number of aryl methyl sites for hydroxylation is 2. The molecule has 2 aromatic heterocycles. The van der Waals surface area contributed by atoms with Crippen LogP contribution in [0.1, 0.15) is 51.5 Å². The van der Waals surface area contributed by atoms with Crippen LogP contribution < -0.4 is 0 Å². The molecule has 0 aliphatic heterocycles. The van der Waals surface area contributed by atoms with Gasteiger partial charge >= 0.3 is 0 Å². The summed E-state index contributed by atoms with van der Waals surface area (Å²) in [7, 11) is 0. The summed E-state index contributed by atoms with van der Waals surface area (Å²) in [6, 6.07) is 0. The molecule has 0 radical (unpaired) electrons. The van der Waals surface area contributed by atoms with Crippen molar-refractivity contribution in [3.8, 4) is 0 Å². The second-order valence-corrected chi connectivity index (χ2v) is 7.39. The molecule has 0 amide bonds. The van der Waals surface area contributed by atoms with Crippen LogP contribution in [-0.2, 0) is 0 Å². The lowest BCUT2D eigenvalue weighted by atomic mass is 10.0. The molecule has 2 rings (SSSR count). The third-order valence-electron chi connectivity index (χ3n) is 4.32. The summed E-state index contributed by atoms with van der Waals surface area (Å²) in [6.07, 6.45) is 0. The minimum absolute atomic E-state index is 0.177. The van der Waals surface area contributed by atoms with Gasteiger partial charge in [-0.25, -0.2) is 9.97 Å². The highest BCUT2D eigenvalue weighted by molar-refractivity contribution is 7.99. The van der Waals surface area contributed by atoms with Crippen LogP contribution in [0.4, 0.5) is 0 Å². The first-order chi connectivity index (χ1) is 10.2. The SMILES string of the molecule is Cc1nc(SC(C)c2nc(C)c(C)c(C)c2C)nc(Cl)c1C. The molecule has 1 atom stereocenters. The smallest absolute Gasteiger partial charge is 0.189 e. The van der Waals surface area contributed by atoms with Crippen LogP contribution in [0.3, 0.4) is 0 Å². The van der Waals surface area contributed by atoms with E-state index in [0.29, 0.717) is 10.3 Å². The zero-order valence-electron chi connectivity index (χ0n) is 14.2. The highest BCUT2D eigenvalue weighted by atomic mass is 35.5. The number of nitrogens with zero attached hydrogens (tertiary/aromatic N) is 3. The van der Waals surface area contributed by atoms with Crippen LogP contribution >= 0.6 is 23.4 Å². The summed E-state index contributed by atoms with van der Waals surface area (Å²) in [5.74, 6) is 0. The Morgan fingerprint density at radius 3 is 1.95 bits per heavy atom. The van der Waals surface area contributed by atoms with E-state index in [1.54, 1.807) is 11.8 Å².